The van der Waals surface area contributed by atoms with Gasteiger partial charge >= 0.3 is 6.18 Å². The number of hydrogen-bond acceptors (Lipinski definition) is 2. The number of H-pyrrole nitrogens is 1. The van der Waals surface area contributed by atoms with E-state index in [1.165, 1.54) is 18.5 Å². The van der Waals surface area contributed by atoms with Gasteiger partial charge in [-0.3, -0.25) is 0 Å². The van der Waals surface area contributed by atoms with Gasteiger partial charge in [-0.05, 0) is 12.1 Å². The van der Waals surface area contributed by atoms with Gasteiger partial charge in [-0.25, -0.2) is 4.98 Å². The highest BCUT2D eigenvalue weighted by molar-refractivity contribution is 5.52. The Morgan fingerprint density at radius 1 is 1.24 bits per heavy atom. The summed E-state index contributed by atoms with van der Waals surface area (Å²) in [7, 11) is 0. The molecule has 2 rings (SSSR count). The van der Waals surface area contributed by atoms with Gasteiger partial charge in [0.1, 0.15) is 0 Å². The number of alkyl halides is 3. The molecular weight excluding hydrogens is 231 g/mol. The summed E-state index contributed by atoms with van der Waals surface area (Å²) in [5.74, 6) is 0. The zero-order chi connectivity index (χ0) is 12.3. The molecule has 2 N–H and O–H groups in total. The van der Waals surface area contributed by atoms with Crippen LogP contribution in [0.1, 0.15) is 11.3 Å². The fraction of sp³-hybridized carbons (Fsp3) is 0.182. The number of benzene rings is 1. The zero-order valence-electron chi connectivity index (χ0n) is 8.75. The molecule has 6 heteroatoms. The fourth-order valence-corrected chi connectivity index (χ4v) is 1.46. The summed E-state index contributed by atoms with van der Waals surface area (Å²) in [4.78, 5) is 6.60. The van der Waals surface area contributed by atoms with Crippen molar-refractivity contribution in [3.63, 3.8) is 0 Å². The molecule has 0 radical (unpaired) electrons. The van der Waals surface area contributed by atoms with Crippen LogP contribution in [0, 0.1) is 0 Å². The molecule has 0 unspecified atom stereocenters. The van der Waals surface area contributed by atoms with E-state index in [1.54, 1.807) is 12.3 Å². The van der Waals surface area contributed by atoms with Gasteiger partial charge in [0, 0.05) is 11.9 Å². The van der Waals surface area contributed by atoms with E-state index < -0.39 is 11.7 Å². The van der Waals surface area contributed by atoms with Crippen LogP contribution in [-0.2, 0) is 12.7 Å². The normalized spacial score (nSPS) is 11.5. The zero-order valence-corrected chi connectivity index (χ0v) is 8.75. The van der Waals surface area contributed by atoms with E-state index in [2.05, 4.69) is 15.3 Å². The van der Waals surface area contributed by atoms with E-state index in [9.17, 15) is 13.2 Å². The van der Waals surface area contributed by atoms with Gasteiger partial charge in [0.15, 0.2) is 0 Å². The Balaban J connectivity index is 2.16. The molecule has 0 bridgehead atoms. The lowest BCUT2D eigenvalue weighted by Gasteiger charge is -2.13. The summed E-state index contributed by atoms with van der Waals surface area (Å²) in [6, 6.07) is 5.38. The maximum atomic E-state index is 12.7. The maximum absolute atomic E-state index is 12.7. The monoisotopic (exact) mass is 241 g/mol. The smallest absolute Gasteiger partial charge is 0.379 e. The molecule has 17 heavy (non-hydrogen) atoms. The highest BCUT2D eigenvalue weighted by Crippen LogP contribution is 2.34. The van der Waals surface area contributed by atoms with Gasteiger partial charge in [0.25, 0.3) is 0 Å². The van der Waals surface area contributed by atoms with Crippen molar-refractivity contribution < 1.29 is 13.2 Å². The number of nitrogens with zero attached hydrogens (tertiary/aromatic N) is 1. The SMILES string of the molecule is FC(F)(F)c1ccccc1NCc1cnc[nH]1. The number of para-hydroxylation sites is 1. The van der Waals surface area contributed by atoms with Gasteiger partial charge in [0.2, 0.25) is 0 Å². The van der Waals surface area contributed by atoms with E-state index in [0.717, 1.165) is 11.8 Å². The summed E-state index contributed by atoms with van der Waals surface area (Å²) in [5, 5.41) is 2.73. The second-order valence-corrected chi connectivity index (χ2v) is 3.47. The topological polar surface area (TPSA) is 40.7 Å². The molecule has 0 saturated heterocycles. The molecule has 0 aliphatic rings. The molecule has 2 aromatic rings. The minimum atomic E-state index is -4.35. The Hall–Kier alpha value is -1.98. The molecule has 1 heterocycles. The van der Waals surface area contributed by atoms with Crippen LogP contribution < -0.4 is 5.32 Å². The van der Waals surface area contributed by atoms with E-state index in [0.29, 0.717) is 0 Å². The van der Waals surface area contributed by atoms with Crippen molar-refractivity contribution in [3.8, 4) is 0 Å². The first-order chi connectivity index (χ1) is 8.07. The van der Waals surface area contributed by atoms with Crippen LogP contribution in [0.2, 0.25) is 0 Å². The van der Waals surface area contributed by atoms with Crippen LogP contribution in [0.5, 0.6) is 0 Å². The predicted octanol–water partition coefficient (Wildman–Crippen LogP) is 3.04. The number of anilines is 1. The summed E-state index contributed by atoms with van der Waals surface area (Å²) in [6.45, 7) is 0.271. The number of aromatic nitrogens is 2. The Morgan fingerprint density at radius 2 is 2.00 bits per heavy atom. The van der Waals surface area contributed by atoms with Gasteiger partial charge < -0.3 is 10.3 Å². The van der Waals surface area contributed by atoms with Crippen molar-refractivity contribution >= 4 is 5.69 Å². The quantitative estimate of drug-likeness (QED) is 0.867. The molecule has 0 amide bonds. The summed E-state index contributed by atoms with van der Waals surface area (Å²) >= 11 is 0. The van der Waals surface area contributed by atoms with Gasteiger partial charge in [-0.1, -0.05) is 12.1 Å². The highest BCUT2D eigenvalue weighted by Gasteiger charge is 2.32. The summed E-state index contributed by atoms with van der Waals surface area (Å²) < 4.78 is 38.0. The first-order valence-corrected chi connectivity index (χ1v) is 4.95. The van der Waals surface area contributed by atoms with Crippen LogP contribution in [0.3, 0.4) is 0 Å². The van der Waals surface area contributed by atoms with E-state index in [4.69, 9.17) is 0 Å². The van der Waals surface area contributed by atoms with Crippen LogP contribution in [0.25, 0.3) is 0 Å². The average molecular weight is 241 g/mol. The second kappa shape index (κ2) is 4.48. The molecule has 0 aliphatic carbocycles. The van der Waals surface area contributed by atoms with Gasteiger partial charge in [-0.2, -0.15) is 13.2 Å². The third kappa shape index (κ3) is 2.77. The minimum absolute atomic E-state index is 0.0644. The molecule has 1 aromatic carbocycles. The maximum Gasteiger partial charge on any atom is 0.418 e. The van der Waals surface area contributed by atoms with Gasteiger partial charge in [-0.15, -0.1) is 0 Å². The number of nitrogens with one attached hydrogen (secondary N) is 2. The van der Waals surface area contributed by atoms with Crippen molar-refractivity contribution in [1.29, 1.82) is 0 Å². The van der Waals surface area contributed by atoms with Crippen molar-refractivity contribution in [2.24, 2.45) is 0 Å². The summed E-state index contributed by atoms with van der Waals surface area (Å²) in [5.41, 5.74) is 0.121. The molecule has 0 saturated carbocycles. The largest absolute Gasteiger partial charge is 0.418 e. The number of halogens is 3. The van der Waals surface area contributed by atoms with Crippen LogP contribution >= 0.6 is 0 Å². The highest BCUT2D eigenvalue weighted by atomic mass is 19.4. The molecule has 1 aromatic heterocycles. The lowest BCUT2D eigenvalue weighted by Crippen LogP contribution is -2.10. The number of imidazole rings is 1. The minimum Gasteiger partial charge on any atom is -0.379 e. The van der Waals surface area contributed by atoms with Crippen molar-refractivity contribution in [3.05, 3.63) is 48.0 Å². The first-order valence-electron chi connectivity index (χ1n) is 4.95. The third-order valence-corrected chi connectivity index (χ3v) is 2.26. The molecular formula is C11H10F3N3. The van der Waals surface area contributed by atoms with Crippen LogP contribution in [0.15, 0.2) is 36.8 Å². The Morgan fingerprint density at radius 3 is 2.65 bits per heavy atom. The van der Waals surface area contributed by atoms with E-state index >= 15 is 0 Å². The Bertz CT molecular complexity index is 477. The molecule has 0 spiro atoms. The van der Waals surface area contributed by atoms with Crippen molar-refractivity contribution in [1.82, 2.24) is 9.97 Å². The second-order valence-electron chi connectivity index (χ2n) is 3.47. The molecule has 0 atom stereocenters. The molecule has 0 aliphatic heterocycles. The molecule has 90 valence electrons. The predicted molar refractivity (Wildman–Crippen MR) is 57.4 cm³/mol. The standard InChI is InChI=1S/C11H10F3N3/c12-11(13,14)9-3-1-2-4-10(9)16-6-8-5-15-7-17-8/h1-5,7,16H,6H2,(H,15,17). The van der Waals surface area contributed by atoms with Crippen molar-refractivity contribution in [2.75, 3.05) is 5.32 Å². The van der Waals surface area contributed by atoms with Crippen LogP contribution in [0.4, 0.5) is 18.9 Å². The lowest BCUT2D eigenvalue weighted by atomic mass is 10.1. The molecule has 0 fully saturated rings. The Labute approximate surface area is 95.7 Å². The number of hydrogen-bond donors (Lipinski definition) is 2. The summed E-state index contributed by atoms with van der Waals surface area (Å²) in [6.07, 6.45) is -1.31. The average Bonchev–Trinajstić information content (AvgIpc) is 2.78. The Kier molecular flexibility index (Phi) is 3.03. The van der Waals surface area contributed by atoms with Crippen molar-refractivity contribution in [2.45, 2.75) is 12.7 Å². The van der Waals surface area contributed by atoms with Gasteiger partial charge in [0.05, 0.1) is 24.1 Å². The lowest BCUT2D eigenvalue weighted by molar-refractivity contribution is -0.136. The van der Waals surface area contributed by atoms with E-state index in [-0.39, 0.29) is 12.2 Å². The van der Waals surface area contributed by atoms with Crippen LogP contribution in [-0.4, -0.2) is 9.97 Å². The van der Waals surface area contributed by atoms with E-state index in [1.807, 2.05) is 0 Å². The fourth-order valence-electron chi connectivity index (χ4n) is 1.46. The number of aromatic amines is 1. The number of rotatable bonds is 3. The molecule has 3 nitrogen and oxygen atoms in total. The third-order valence-electron chi connectivity index (χ3n) is 2.26. The first kappa shape index (κ1) is 11.5.